The molecule has 4 heteroatoms. The second-order valence-electron chi connectivity index (χ2n) is 4.84. The number of alkyl halides is 1. The molecule has 0 saturated carbocycles. The lowest BCUT2D eigenvalue weighted by atomic mass is 9.98. The molecule has 0 amide bonds. The van der Waals surface area contributed by atoms with Gasteiger partial charge in [0.05, 0.1) is 13.2 Å². The number of esters is 1. The van der Waals surface area contributed by atoms with Gasteiger partial charge in [-0.25, -0.2) is 0 Å². The van der Waals surface area contributed by atoms with E-state index in [1.165, 1.54) is 11.1 Å². The molecule has 1 aromatic rings. The van der Waals surface area contributed by atoms with E-state index in [0.29, 0.717) is 26.1 Å². The first kappa shape index (κ1) is 18.0. The molecule has 0 spiro atoms. The number of benzene rings is 1. The Morgan fingerprint density at radius 1 is 1.24 bits per heavy atom. The highest BCUT2D eigenvalue weighted by Gasteiger charge is 2.11. The number of halogens is 1. The molecule has 0 bridgehead atoms. The van der Waals surface area contributed by atoms with Gasteiger partial charge < -0.3 is 9.47 Å². The summed E-state index contributed by atoms with van der Waals surface area (Å²) in [7, 11) is 0. The van der Waals surface area contributed by atoms with Crippen molar-refractivity contribution in [2.24, 2.45) is 0 Å². The Labute approximate surface area is 136 Å². The third-order valence-corrected chi connectivity index (χ3v) is 3.73. The standard InChI is InChI=1S/C17H25BrO3/c1-3-7-15-14(10-11-17(19)20-4-2)8-5-9-16(15)21-13-6-12-18/h5,8-9H,3-4,6-7,10-13H2,1-2H3. The van der Waals surface area contributed by atoms with Crippen LogP contribution in [0.1, 0.15) is 44.2 Å². The van der Waals surface area contributed by atoms with E-state index in [2.05, 4.69) is 28.9 Å². The van der Waals surface area contributed by atoms with Crippen molar-refractivity contribution in [1.29, 1.82) is 0 Å². The van der Waals surface area contributed by atoms with E-state index in [1.807, 2.05) is 19.1 Å². The molecule has 0 atom stereocenters. The van der Waals surface area contributed by atoms with Gasteiger partial charge in [-0.1, -0.05) is 41.4 Å². The summed E-state index contributed by atoms with van der Waals surface area (Å²) in [6.07, 6.45) is 4.16. The van der Waals surface area contributed by atoms with E-state index >= 15 is 0 Å². The molecule has 3 nitrogen and oxygen atoms in total. The fraction of sp³-hybridized carbons (Fsp3) is 0.588. The van der Waals surface area contributed by atoms with Crippen molar-refractivity contribution in [3.8, 4) is 5.75 Å². The van der Waals surface area contributed by atoms with Crippen LogP contribution in [-0.2, 0) is 22.4 Å². The van der Waals surface area contributed by atoms with Crippen LogP contribution in [0.25, 0.3) is 0 Å². The van der Waals surface area contributed by atoms with Gasteiger partial charge in [-0.3, -0.25) is 4.79 Å². The normalized spacial score (nSPS) is 10.4. The lowest BCUT2D eigenvalue weighted by Gasteiger charge is -2.15. The highest BCUT2D eigenvalue weighted by Crippen LogP contribution is 2.25. The summed E-state index contributed by atoms with van der Waals surface area (Å²) < 4.78 is 10.9. The van der Waals surface area contributed by atoms with Gasteiger partial charge >= 0.3 is 5.97 Å². The third-order valence-electron chi connectivity index (χ3n) is 3.17. The van der Waals surface area contributed by atoms with Crippen LogP contribution in [0.5, 0.6) is 5.75 Å². The van der Waals surface area contributed by atoms with Gasteiger partial charge in [0, 0.05) is 11.8 Å². The Balaban J connectivity index is 2.76. The molecule has 0 aliphatic rings. The minimum Gasteiger partial charge on any atom is -0.493 e. The van der Waals surface area contributed by atoms with Crippen LogP contribution in [0.4, 0.5) is 0 Å². The minimum atomic E-state index is -0.134. The summed E-state index contributed by atoms with van der Waals surface area (Å²) in [5.41, 5.74) is 2.43. The van der Waals surface area contributed by atoms with Crippen LogP contribution >= 0.6 is 15.9 Å². The summed E-state index contributed by atoms with van der Waals surface area (Å²) in [6.45, 7) is 5.14. The van der Waals surface area contributed by atoms with E-state index < -0.39 is 0 Å². The maximum Gasteiger partial charge on any atom is 0.306 e. The predicted molar refractivity (Wildman–Crippen MR) is 89.3 cm³/mol. The quantitative estimate of drug-likeness (QED) is 0.356. The topological polar surface area (TPSA) is 35.5 Å². The van der Waals surface area contributed by atoms with E-state index in [0.717, 1.165) is 30.3 Å². The zero-order chi connectivity index (χ0) is 15.5. The first-order valence-corrected chi connectivity index (χ1v) is 8.80. The van der Waals surface area contributed by atoms with Gasteiger partial charge in [0.1, 0.15) is 5.75 Å². The van der Waals surface area contributed by atoms with E-state index in [9.17, 15) is 4.79 Å². The molecule has 0 heterocycles. The van der Waals surface area contributed by atoms with Gasteiger partial charge in [-0.05, 0) is 43.4 Å². The van der Waals surface area contributed by atoms with Crippen molar-refractivity contribution < 1.29 is 14.3 Å². The molecular formula is C17H25BrO3. The Morgan fingerprint density at radius 3 is 2.71 bits per heavy atom. The molecule has 0 radical (unpaired) electrons. The second-order valence-corrected chi connectivity index (χ2v) is 5.63. The largest absolute Gasteiger partial charge is 0.493 e. The van der Waals surface area contributed by atoms with Crippen molar-refractivity contribution >= 4 is 21.9 Å². The van der Waals surface area contributed by atoms with Gasteiger partial charge in [-0.15, -0.1) is 0 Å². The lowest BCUT2D eigenvalue weighted by molar-refractivity contribution is -0.143. The molecule has 0 aliphatic carbocycles. The summed E-state index contributed by atoms with van der Waals surface area (Å²) in [4.78, 5) is 11.5. The number of hydrogen-bond donors (Lipinski definition) is 0. The van der Waals surface area contributed by atoms with Crippen molar-refractivity contribution in [1.82, 2.24) is 0 Å². The zero-order valence-corrected chi connectivity index (χ0v) is 14.6. The number of hydrogen-bond acceptors (Lipinski definition) is 3. The van der Waals surface area contributed by atoms with Crippen LogP contribution in [-0.4, -0.2) is 24.5 Å². The molecule has 0 unspecified atom stereocenters. The molecule has 0 saturated heterocycles. The van der Waals surface area contributed by atoms with Crippen LogP contribution in [0.3, 0.4) is 0 Å². The highest BCUT2D eigenvalue weighted by molar-refractivity contribution is 9.09. The number of rotatable bonds is 10. The minimum absolute atomic E-state index is 0.134. The Morgan fingerprint density at radius 2 is 2.05 bits per heavy atom. The fourth-order valence-electron chi connectivity index (χ4n) is 2.22. The maximum absolute atomic E-state index is 11.5. The number of carbonyl (C=O) groups is 1. The highest BCUT2D eigenvalue weighted by atomic mass is 79.9. The van der Waals surface area contributed by atoms with Gasteiger partial charge in [0.2, 0.25) is 0 Å². The fourth-order valence-corrected chi connectivity index (χ4v) is 2.45. The molecule has 0 aliphatic heterocycles. The van der Waals surface area contributed by atoms with Crippen LogP contribution in [0.15, 0.2) is 18.2 Å². The number of ether oxygens (including phenoxy) is 2. The first-order chi connectivity index (χ1) is 10.2. The van der Waals surface area contributed by atoms with Gasteiger partial charge in [0.15, 0.2) is 0 Å². The van der Waals surface area contributed by atoms with Gasteiger partial charge in [-0.2, -0.15) is 0 Å². The maximum atomic E-state index is 11.5. The SMILES string of the molecule is CCCc1c(CCC(=O)OCC)cccc1OCCCBr. The van der Waals surface area contributed by atoms with E-state index in [1.54, 1.807) is 0 Å². The predicted octanol–water partition coefficient (Wildman–Crippen LogP) is 4.30. The van der Waals surface area contributed by atoms with Gasteiger partial charge in [0.25, 0.3) is 0 Å². The Hall–Kier alpha value is -1.03. The molecule has 118 valence electrons. The number of carbonyl (C=O) groups excluding carboxylic acids is 1. The van der Waals surface area contributed by atoms with E-state index in [4.69, 9.17) is 9.47 Å². The van der Waals surface area contributed by atoms with Crippen LogP contribution in [0.2, 0.25) is 0 Å². The lowest BCUT2D eigenvalue weighted by Crippen LogP contribution is -2.08. The molecule has 0 N–H and O–H groups in total. The zero-order valence-electron chi connectivity index (χ0n) is 13.0. The molecule has 1 rings (SSSR count). The van der Waals surface area contributed by atoms with Crippen LogP contribution < -0.4 is 4.74 Å². The van der Waals surface area contributed by atoms with Crippen LogP contribution in [0, 0.1) is 0 Å². The second kappa shape index (κ2) is 10.7. The van der Waals surface area contributed by atoms with E-state index in [-0.39, 0.29) is 5.97 Å². The average Bonchev–Trinajstić information content (AvgIpc) is 2.48. The Kier molecular flexibility index (Phi) is 9.15. The molecule has 0 fully saturated rings. The monoisotopic (exact) mass is 356 g/mol. The summed E-state index contributed by atoms with van der Waals surface area (Å²) in [5, 5.41) is 0.943. The number of aryl methyl sites for hydroxylation is 1. The summed E-state index contributed by atoms with van der Waals surface area (Å²) >= 11 is 3.41. The van der Waals surface area contributed by atoms with Crippen molar-refractivity contribution in [3.05, 3.63) is 29.3 Å². The van der Waals surface area contributed by atoms with Crippen molar-refractivity contribution in [2.75, 3.05) is 18.5 Å². The Bertz CT molecular complexity index is 432. The van der Waals surface area contributed by atoms with Crippen molar-refractivity contribution in [2.45, 2.75) is 46.0 Å². The average molecular weight is 357 g/mol. The molecule has 0 aromatic heterocycles. The first-order valence-electron chi connectivity index (χ1n) is 7.68. The van der Waals surface area contributed by atoms with Crippen molar-refractivity contribution in [3.63, 3.8) is 0 Å². The molecular weight excluding hydrogens is 332 g/mol. The summed E-state index contributed by atoms with van der Waals surface area (Å²) in [6, 6.07) is 6.11. The smallest absolute Gasteiger partial charge is 0.306 e. The molecule has 21 heavy (non-hydrogen) atoms. The third kappa shape index (κ3) is 6.51. The molecule has 1 aromatic carbocycles. The summed E-state index contributed by atoms with van der Waals surface area (Å²) in [5.74, 6) is 0.824.